The average molecular weight is 421 g/mol. The summed E-state index contributed by atoms with van der Waals surface area (Å²) in [4.78, 5) is 20.2. The van der Waals surface area contributed by atoms with Crippen LogP contribution in [0.15, 0.2) is 36.4 Å². The number of ether oxygens (including phenoxy) is 1. The molecule has 0 atom stereocenters. The summed E-state index contributed by atoms with van der Waals surface area (Å²) in [6.45, 7) is 4.93. The van der Waals surface area contributed by atoms with Crippen molar-refractivity contribution in [3.8, 4) is 5.75 Å². The van der Waals surface area contributed by atoms with Gasteiger partial charge in [-0.2, -0.15) is 0 Å². The molecule has 0 aliphatic rings. The Morgan fingerprint density at radius 1 is 1.21 bits per heavy atom. The lowest BCUT2D eigenvalue weighted by atomic mass is 10.2. The SMILES string of the molecule is CC(C)Oc1ccc(C(=O)N(CC[NH+](C)C)c2nc3c(F)cc(F)cc3s2)cc1. The first kappa shape index (κ1) is 21.1. The van der Waals surface area contributed by atoms with E-state index in [0.717, 1.165) is 22.3 Å². The Bertz CT molecular complexity index is 1000. The molecule has 5 nitrogen and oxygen atoms in total. The number of carbonyl (C=O) groups is 1. The van der Waals surface area contributed by atoms with Gasteiger partial charge in [-0.25, -0.2) is 13.8 Å². The normalized spacial score (nSPS) is 11.4. The predicted octanol–water partition coefficient (Wildman–Crippen LogP) is 3.15. The highest BCUT2D eigenvalue weighted by atomic mass is 32.1. The van der Waals surface area contributed by atoms with Crippen molar-refractivity contribution in [1.29, 1.82) is 0 Å². The van der Waals surface area contributed by atoms with E-state index in [1.54, 1.807) is 24.3 Å². The Balaban J connectivity index is 1.94. The zero-order valence-corrected chi connectivity index (χ0v) is 17.6. The van der Waals surface area contributed by atoms with Crippen LogP contribution < -0.4 is 14.5 Å². The van der Waals surface area contributed by atoms with Gasteiger partial charge in [-0.1, -0.05) is 11.3 Å². The molecule has 0 radical (unpaired) electrons. The van der Waals surface area contributed by atoms with Crippen LogP contribution in [0.5, 0.6) is 5.75 Å². The lowest BCUT2D eigenvalue weighted by molar-refractivity contribution is -0.856. The van der Waals surface area contributed by atoms with Gasteiger partial charge in [0.2, 0.25) is 0 Å². The minimum absolute atomic E-state index is 0.0363. The molecule has 0 aliphatic carbocycles. The van der Waals surface area contributed by atoms with Crippen molar-refractivity contribution in [3.05, 3.63) is 53.6 Å². The lowest BCUT2D eigenvalue weighted by Gasteiger charge is -2.21. The number of aromatic nitrogens is 1. The topological polar surface area (TPSA) is 46.9 Å². The average Bonchev–Trinajstić information content (AvgIpc) is 3.05. The Kier molecular flexibility index (Phi) is 6.44. The monoisotopic (exact) mass is 420 g/mol. The van der Waals surface area contributed by atoms with Gasteiger partial charge < -0.3 is 9.64 Å². The third-order valence-electron chi connectivity index (χ3n) is 4.19. The molecular formula is C21H24F2N3O2S+. The number of fused-ring (bicyclic) bond motifs is 1. The second-order valence-electron chi connectivity index (χ2n) is 7.34. The number of thiazole rings is 1. The van der Waals surface area contributed by atoms with Crippen LogP contribution in [0.1, 0.15) is 24.2 Å². The van der Waals surface area contributed by atoms with Crippen LogP contribution in [0.2, 0.25) is 0 Å². The number of rotatable bonds is 7. The number of benzene rings is 2. The number of nitrogens with zero attached hydrogens (tertiary/aromatic N) is 2. The molecule has 29 heavy (non-hydrogen) atoms. The largest absolute Gasteiger partial charge is 0.491 e. The summed E-state index contributed by atoms with van der Waals surface area (Å²) < 4.78 is 33.6. The van der Waals surface area contributed by atoms with Crippen molar-refractivity contribution < 1.29 is 23.2 Å². The van der Waals surface area contributed by atoms with Gasteiger partial charge in [0.1, 0.15) is 17.1 Å². The van der Waals surface area contributed by atoms with Gasteiger partial charge in [-0.05, 0) is 44.2 Å². The van der Waals surface area contributed by atoms with Crippen molar-refractivity contribution in [2.45, 2.75) is 20.0 Å². The zero-order valence-electron chi connectivity index (χ0n) is 16.8. The third kappa shape index (κ3) is 5.07. The highest BCUT2D eigenvalue weighted by molar-refractivity contribution is 7.22. The quantitative estimate of drug-likeness (QED) is 0.639. The fourth-order valence-corrected chi connectivity index (χ4v) is 3.81. The molecule has 0 bridgehead atoms. The number of nitrogens with one attached hydrogen (secondary N) is 1. The van der Waals surface area contributed by atoms with E-state index in [4.69, 9.17) is 4.74 Å². The van der Waals surface area contributed by atoms with Crippen LogP contribution in [0.25, 0.3) is 10.2 Å². The Hall–Kier alpha value is -2.58. The summed E-state index contributed by atoms with van der Waals surface area (Å²) in [5, 5.41) is 0.346. The van der Waals surface area contributed by atoms with Gasteiger partial charge in [0.25, 0.3) is 5.91 Å². The number of carbonyl (C=O) groups excluding carboxylic acids is 1. The molecular weight excluding hydrogens is 396 g/mol. The molecule has 1 amide bonds. The van der Waals surface area contributed by atoms with Gasteiger partial charge in [-0.15, -0.1) is 0 Å². The van der Waals surface area contributed by atoms with Gasteiger partial charge in [-0.3, -0.25) is 9.69 Å². The molecule has 1 aromatic heterocycles. The van der Waals surface area contributed by atoms with Crippen LogP contribution in [0, 0.1) is 11.6 Å². The van der Waals surface area contributed by atoms with Crippen LogP contribution >= 0.6 is 11.3 Å². The van der Waals surface area contributed by atoms with E-state index in [9.17, 15) is 13.6 Å². The van der Waals surface area contributed by atoms with Gasteiger partial charge >= 0.3 is 0 Å². The van der Waals surface area contributed by atoms with Crippen molar-refractivity contribution in [2.24, 2.45) is 0 Å². The maximum absolute atomic E-state index is 14.1. The lowest BCUT2D eigenvalue weighted by Crippen LogP contribution is -3.06. The third-order valence-corrected chi connectivity index (χ3v) is 5.21. The second-order valence-corrected chi connectivity index (χ2v) is 8.34. The molecule has 0 spiro atoms. The molecule has 3 aromatic rings. The van der Waals surface area contributed by atoms with Crippen molar-refractivity contribution in [1.82, 2.24) is 4.98 Å². The summed E-state index contributed by atoms with van der Waals surface area (Å²) in [5.74, 6) is -0.967. The number of quaternary nitrogens is 1. The van der Waals surface area contributed by atoms with Crippen molar-refractivity contribution in [3.63, 3.8) is 0 Å². The van der Waals surface area contributed by atoms with E-state index in [0.29, 0.717) is 34.2 Å². The molecule has 2 aromatic carbocycles. The maximum atomic E-state index is 14.1. The number of hydrogen-bond acceptors (Lipinski definition) is 4. The zero-order chi connectivity index (χ0) is 21.1. The minimum atomic E-state index is -0.733. The predicted molar refractivity (Wildman–Crippen MR) is 111 cm³/mol. The highest BCUT2D eigenvalue weighted by Gasteiger charge is 2.23. The van der Waals surface area contributed by atoms with Gasteiger partial charge in [0.15, 0.2) is 10.9 Å². The minimum Gasteiger partial charge on any atom is -0.491 e. The van der Waals surface area contributed by atoms with E-state index >= 15 is 0 Å². The number of likely N-dealkylation sites (N-methyl/N-ethyl adjacent to an activating group) is 1. The summed E-state index contributed by atoms with van der Waals surface area (Å²) in [5.41, 5.74) is 0.544. The second kappa shape index (κ2) is 8.84. The van der Waals surface area contributed by atoms with Crippen LogP contribution in [0.3, 0.4) is 0 Å². The molecule has 0 fully saturated rings. The Morgan fingerprint density at radius 2 is 1.90 bits per heavy atom. The molecule has 8 heteroatoms. The first-order chi connectivity index (χ1) is 13.7. The first-order valence-corrected chi connectivity index (χ1v) is 10.2. The number of hydrogen-bond donors (Lipinski definition) is 1. The molecule has 0 unspecified atom stereocenters. The summed E-state index contributed by atoms with van der Waals surface area (Å²) in [6.07, 6.45) is 0.0363. The molecule has 0 saturated carbocycles. The van der Waals surface area contributed by atoms with E-state index in [-0.39, 0.29) is 17.5 Å². The van der Waals surface area contributed by atoms with Crippen LogP contribution in [-0.4, -0.2) is 44.2 Å². The number of amides is 1. The molecule has 3 rings (SSSR count). The fraction of sp³-hybridized carbons (Fsp3) is 0.333. The highest BCUT2D eigenvalue weighted by Crippen LogP contribution is 2.32. The van der Waals surface area contributed by atoms with E-state index in [1.807, 2.05) is 27.9 Å². The summed E-state index contributed by atoms with van der Waals surface area (Å²) in [6, 6.07) is 8.92. The number of halogens is 2. The Labute approximate surface area is 172 Å². The van der Waals surface area contributed by atoms with Crippen molar-refractivity contribution in [2.75, 3.05) is 32.1 Å². The first-order valence-electron chi connectivity index (χ1n) is 9.38. The van der Waals surface area contributed by atoms with E-state index < -0.39 is 11.6 Å². The standard InChI is InChI=1S/C21H23F2N3O2S/c1-13(2)28-16-7-5-14(6-8-16)20(27)26(10-9-25(3)4)21-24-19-17(23)11-15(22)12-18(19)29-21/h5-8,11-13H,9-10H2,1-4H3/p+1. The maximum Gasteiger partial charge on any atom is 0.260 e. The number of anilines is 1. The molecule has 154 valence electrons. The summed E-state index contributed by atoms with van der Waals surface area (Å²) >= 11 is 1.10. The van der Waals surface area contributed by atoms with Gasteiger partial charge in [0.05, 0.1) is 38.0 Å². The summed E-state index contributed by atoms with van der Waals surface area (Å²) in [7, 11) is 3.96. The van der Waals surface area contributed by atoms with Crippen molar-refractivity contribution >= 4 is 32.6 Å². The van der Waals surface area contributed by atoms with Crippen LogP contribution in [-0.2, 0) is 0 Å². The fourth-order valence-electron chi connectivity index (χ4n) is 2.78. The van der Waals surface area contributed by atoms with Gasteiger partial charge in [0, 0.05) is 11.6 Å². The molecule has 1 N–H and O–H groups in total. The smallest absolute Gasteiger partial charge is 0.260 e. The van der Waals surface area contributed by atoms with Crippen LogP contribution in [0.4, 0.5) is 13.9 Å². The van der Waals surface area contributed by atoms with E-state index in [1.165, 1.54) is 11.0 Å². The van der Waals surface area contributed by atoms with E-state index in [2.05, 4.69) is 4.98 Å². The molecule has 0 aliphatic heterocycles. The molecule has 1 heterocycles. The molecule has 0 saturated heterocycles. The Morgan fingerprint density at radius 3 is 2.52 bits per heavy atom.